The summed E-state index contributed by atoms with van der Waals surface area (Å²) >= 11 is 5.79. The average molecular weight is 304 g/mol. The number of fused-ring (bicyclic) bond motifs is 1. The molecule has 1 aliphatic heterocycles. The molecule has 1 amide bonds. The summed E-state index contributed by atoms with van der Waals surface area (Å²) in [4.78, 5) is 22.4. The van der Waals surface area contributed by atoms with Crippen LogP contribution in [0.2, 0.25) is 5.02 Å². The topological polar surface area (TPSA) is 84.3 Å². The van der Waals surface area contributed by atoms with Crippen molar-refractivity contribution in [3.05, 3.63) is 68.7 Å². The number of anilines is 1. The molecule has 2 aromatic carbocycles. The maximum Gasteiger partial charge on any atom is 0.288 e. The molecule has 0 aliphatic carbocycles. The number of nitro benzene ring substituents is 1. The molecule has 106 valence electrons. The minimum atomic E-state index is -0.551. The van der Waals surface area contributed by atoms with Gasteiger partial charge in [0.05, 0.1) is 10.5 Å². The lowest BCUT2D eigenvalue weighted by Crippen LogP contribution is -2.38. The summed E-state index contributed by atoms with van der Waals surface area (Å²) in [6.07, 6.45) is -0.539. The third kappa shape index (κ3) is 2.41. The van der Waals surface area contributed by atoms with Crippen molar-refractivity contribution in [2.45, 2.75) is 6.17 Å². The molecule has 0 bridgehead atoms. The summed E-state index contributed by atoms with van der Waals surface area (Å²) in [5.41, 5.74) is 1.60. The molecule has 1 aliphatic rings. The highest BCUT2D eigenvalue weighted by molar-refractivity contribution is 6.32. The summed E-state index contributed by atoms with van der Waals surface area (Å²) in [7, 11) is 0. The predicted molar refractivity (Wildman–Crippen MR) is 78.4 cm³/mol. The molecule has 0 unspecified atom stereocenters. The fourth-order valence-electron chi connectivity index (χ4n) is 2.22. The van der Waals surface area contributed by atoms with Crippen LogP contribution in [0.5, 0.6) is 0 Å². The van der Waals surface area contributed by atoms with Crippen molar-refractivity contribution in [2.24, 2.45) is 0 Å². The molecule has 2 N–H and O–H groups in total. The SMILES string of the molecule is O=C1N[C@H](c2ccc(Cl)c([N+](=O)[O-])c2)Nc2ccccc21. The van der Waals surface area contributed by atoms with E-state index in [9.17, 15) is 14.9 Å². The van der Waals surface area contributed by atoms with Crippen molar-refractivity contribution in [3.8, 4) is 0 Å². The number of hydrogen-bond acceptors (Lipinski definition) is 4. The monoisotopic (exact) mass is 303 g/mol. The lowest BCUT2D eigenvalue weighted by atomic mass is 10.1. The molecule has 0 aromatic heterocycles. The first kappa shape index (κ1) is 13.4. The van der Waals surface area contributed by atoms with E-state index in [4.69, 9.17) is 11.6 Å². The maximum absolute atomic E-state index is 12.0. The molecule has 1 heterocycles. The number of benzene rings is 2. The van der Waals surface area contributed by atoms with E-state index >= 15 is 0 Å². The van der Waals surface area contributed by atoms with Gasteiger partial charge in [-0.3, -0.25) is 14.9 Å². The number of carbonyl (C=O) groups excluding carboxylic acids is 1. The molecule has 0 fully saturated rings. The van der Waals surface area contributed by atoms with Crippen molar-refractivity contribution in [2.75, 3.05) is 5.32 Å². The lowest BCUT2D eigenvalue weighted by Gasteiger charge is -2.28. The van der Waals surface area contributed by atoms with Gasteiger partial charge in [-0.15, -0.1) is 0 Å². The lowest BCUT2D eigenvalue weighted by molar-refractivity contribution is -0.384. The normalized spacial score (nSPS) is 16.6. The first-order valence-electron chi connectivity index (χ1n) is 6.16. The van der Waals surface area contributed by atoms with E-state index in [2.05, 4.69) is 10.6 Å². The standard InChI is InChI=1S/C14H10ClN3O3/c15-10-6-5-8(7-12(10)18(20)21)13-16-11-4-2-1-3-9(11)14(19)17-13/h1-7,13,16H,(H,17,19)/t13-/m1/s1. The molecule has 1 atom stereocenters. The van der Waals surface area contributed by atoms with E-state index in [1.54, 1.807) is 24.3 Å². The second-order valence-corrected chi connectivity index (χ2v) is 4.97. The Kier molecular flexibility index (Phi) is 3.23. The zero-order valence-electron chi connectivity index (χ0n) is 10.7. The molecule has 0 saturated heterocycles. The van der Waals surface area contributed by atoms with Gasteiger partial charge in [-0.1, -0.05) is 29.8 Å². The number of carbonyl (C=O) groups is 1. The number of hydrogen-bond donors (Lipinski definition) is 2. The number of nitro groups is 1. The molecule has 0 saturated carbocycles. The molecule has 6 nitrogen and oxygen atoms in total. The van der Waals surface area contributed by atoms with Crippen LogP contribution >= 0.6 is 11.6 Å². The Balaban J connectivity index is 1.98. The number of rotatable bonds is 2. The van der Waals surface area contributed by atoms with Crippen LogP contribution in [-0.4, -0.2) is 10.8 Å². The quantitative estimate of drug-likeness (QED) is 0.659. The van der Waals surface area contributed by atoms with E-state index in [1.165, 1.54) is 12.1 Å². The van der Waals surface area contributed by atoms with Gasteiger partial charge < -0.3 is 10.6 Å². The van der Waals surface area contributed by atoms with Crippen LogP contribution < -0.4 is 10.6 Å². The van der Waals surface area contributed by atoms with Gasteiger partial charge in [0.25, 0.3) is 11.6 Å². The molecular formula is C14H10ClN3O3. The van der Waals surface area contributed by atoms with Crippen LogP contribution in [0.25, 0.3) is 0 Å². The van der Waals surface area contributed by atoms with Gasteiger partial charge in [0, 0.05) is 17.3 Å². The van der Waals surface area contributed by atoms with E-state index < -0.39 is 11.1 Å². The van der Waals surface area contributed by atoms with Crippen LogP contribution in [0.15, 0.2) is 42.5 Å². The van der Waals surface area contributed by atoms with Gasteiger partial charge in [0.1, 0.15) is 11.2 Å². The highest BCUT2D eigenvalue weighted by Crippen LogP contribution is 2.31. The van der Waals surface area contributed by atoms with Crippen LogP contribution in [-0.2, 0) is 0 Å². The molecule has 0 spiro atoms. The first-order valence-corrected chi connectivity index (χ1v) is 6.54. The van der Waals surface area contributed by atoms with Gasteiger partial charge in [0.15, 0.2) is 0 Å². The summed E-state index contributed by atoms with van der Waals surface area (Å²) < 4.78 is 0. The van der Waals surface area contributed by atoms with Crippen LogP contribution in [0, 0.1) is 10.1 Å². The average Bonchev–Trinajstić information content (AvgIpc) is 2.47. The Morgan fingerprint density at radius 2 is 1.90 bits per heavy atom. The number of nitrogens with zero attached hydrogens (tertiary/aromatic N) is 1. The molecule has 21 heavy (non-hydrogen) atoms. The van der Waals surface area contributed by atoms with Crippen molar-refractivity contribution in [3.63, 3.8) is 0 Å². The van der Waals surface area contributed by atoms with Gasteiger partial charge in [-0.25, -0.2) is 0 Å². The smallest absolute Gasteiger partial charge is 0.288 e. The Morgan fingerprint density at radius 1 is 1.14 bits per heavy atom. The van der Waals surface area contributed by atoms with Crippen LogP contribution in [0.1, 0.15) is 22.1 Å². The second kappa shape index (κ2) is 5.06. The van der Waals surface area contributed by atoms with Crippen molar-refractivity contribution >= 4 is 28.9 Å². The Bertz CT molecular complexity index is 748. The number of nitrogens with one attached hydrogen (secondary N) is 2. The third-order valence-electron chi connectivity index (χ3n) is 3.25. The van der Waals surface area contributed by atoms with E-state index in [0.717, 1.165) is 0 Å². The minimum absolute atomic E-state index is 0.0614. The Morgan fingerprint density at radius 3 is 2.67 bits per heavy atom. The molecule has 3 rings (SSSR count). The fraction of sp³-hybridized carbons (Fsp3) is 0.0714. The van der Waals surface area contributed by atoms with Gasteiger partial charge in [-0.05, 0) is 18.2 Å². The first-order chi connectivity index (χ1) is 10.1. The summed E-state index contributed by atoms with van der Waals surface area (Å²) in [5, 5.41) is 16.9. The van der Waals surface area contributed by atoms with E-state index in [-0.39, 0.29) is 16.6 Å². The summed E-state index contributed by atoms with van der Waals surface area (Å²) in [6.45, 7) is 0. The molecule has 2 aromatic rings. The van der Waals surface area contributed by atoms with Gasteiger partial charge in [0.2, 0.25) is 0 Å². The minimum Gasteiger partial charge on any atom is -0.361 e. The zero-order chi connectivity index (χ0) is 15.0. The maximum atomic E-state index is 12.0. The summed E-state index contributed by atoms with van der Waals surface area (Å²) in [5.74, 6) is -0.230. The van der Waals surface area contributed by atoms with E-state index in [0.29, 0.717) is 16.8 Å². The second-order valence-electron chi connectivity index (χ2n) is 4.56. The Labute approximate surface area is 124 Å². The predicted octanol–water partition coefficient (Wildman–Crippen LogP) is 3.10. The third-order valence-corrected chi connectivity index (χ3v) is 3.57. The van der Waals surface area contributed by atoms with Crippen molar-refractivity contribution in [1.82, 2.24) is 5.32 Å². The molecule has 0 radical (unpaired) electrons. The Hall–Kier alpha value is -2.60. The van der Waals surface area contributed by atoms with E-state index in [1.807, 2.05) is 6.07 Å². The molecular weight excluding hydrogens is 294 g/mol. The zero-order valence-corrected chi connectivity index (χ0v) is 11.4. The largest absolute Gasteiger partial charge is 0.361 e. The molecule has 7 heteroatoms. The van der Waals surface area contributed by atoms with Crippen LogP contribution in [0.4, 0.5) is 11.4 Å². The van der Waals surface area contributed by atoms with Crippen molar-refractivity contribution < 1.29 is 9.72 Å². The highest BCUT2D eigenvalue weighted by Gasteiger charge is 2.25. The number of para-hydroxylation sites is 1. The fourth-order valence-corrected chi connectivity index (χ4v) is 2.41. The van der Waals surface area contributed by atoms with Gasteiger partial charge in [-0.2, -0.15) is 0 Å². The van der Waals surface area contributed by atoms with Gasteiger partial charge >= 0.3 is 0 Å². The number of amides is 1. The summed E-state index contributed by atoms with van der Waals surface area (Å²) in [6, 6.07) is 11.5. The highest BCUT2D eigenvalue weighted by atomic mass is 35.5. The number of halogens is 1. The van der Waals surface area contributed by atoms with Crippen LogP contribution in [0.3, 0.4) is 0 Å². The van der Waals surface area contributed by atoms with Crippen molar-refractivity contribution in [1.29, 1.82) is 0 Å².